The lowest BCUT2D eigenvalue weighted by atomic mass is 9.98. The van der Waals surface area contributed by atoms with Crippen LogP contribution >= 0.6 is 22.9 Å². The summed E-state index contributed by atoms with van der Waals surface area (Å²) in [4.78, 5) is 1.44. The van der Waals surface area contributed by atoms with Gasteiger partial charge in [-0.05, 0) is 22.9 Å². The number of hydrogen-bond acceptors (Lipinski definition) is 3. The minimum Gasteiger partial charge on any atom is -0.328 e. The molecule has 1 aliphatic rings. The normalized spacial score (nSPS) is 16.8. The first-order valence-corrected chi connectivity index (χ1v) is 11.8. The van der Waals surface area contributed by atoms with Gasteiger partial charge in [0, 0.05) is 18.4 Å². The molecule has 7 heteroatoms. The molecule has 0 spiro atoms. The lowest BCUT2D eigenvalue weighted by Crippen LogP contribution is -3.11. The average Bonchev–Trinajstić information content (AvgIpc) is 3.34. The number of likely N-dealkylation sites (tertiary alicyclic amines) is 1. The van der Waals surface area contributed by atoms with E-state index in [0.29, 0.717) is 10.9 Å². The molecule has 0 radical (unpaired) electrons. The minimum atomic E-state index is -3.55. The van der Waals surface area contributed by atoms with Gasteiger partial charge in [0.2, 0.25) is 10.0 Å². The molecular formula is C20H22ClN2O2S2+. The van der Waals surface area contributed by atoms with Gasteiger partial charge in [-0.25, -0.2) is 13.1 Å². The fraction of sp³-hybridized carbons (Fsp3) is 0.300. The highest BCUT2D eigenvalue weighted by atomic mass is 35.5. The van der Waals surface area contributed by atoms with Crippen LogP contribution in [-0.4, -0.2) is 28.1 Å². The summed E-state index contributed by atoms with van der Waals surface area (Å²) >= 11 is 7.00. The molecule has 2 N–H and O–H groups in total. The lowest BCUT2D eigenvalue weighted by molar-refractivity contribution is -0.918. The van der Waals surface area contributed by atoms with Crippen molar-refractivity contribution in [2.75, 3.05) is 19.6 Å². The van der Waals surface area contributed by atoms with Crippen LogP contribution in [0.5, 0.6) is 0 Å². The summed E-state index contributed by atoms with van der Waals surface area (Å²) in [6.45, 7) is 2.52. The van der Waals surface area contributed by atoms with Gasteiger partial charge in [0.15, 0.2) is 0 Å². The first-order valence-electron chi connectivity index (χ1n) is 9.12. The van der Waals surface area contributed by atoms with Crippen molar-refractivity contribution in [3.05, 3.63) is 64.5 Å². The second kappa shape index (κ2) is 7.89. The first-order chi connectivity index (χ1) is 13.0. The molecule has 0 unspecified atom stereocenters. The molecule has 2 aromatic carbocycles. The largest absolute Gasteiger partial charge is 0.328 e. The number of benzene rings is 2. The zero-order valence-electron chi connectivity index (χ0n) is 14.8. The lowest BCUT2D eigenvalue weighted by Gasteiger charge is -2.26. The summed E-state index contributed by atoms with van der Waals surface area (Å²) in [5.41, 5.74) is 1.21. The minimum absolute atomic E-state index is 0.0869. The van der Waals surface area contributed by atoms with Gasteiger partial charge < -0.3 is 4.90 Å². The van der Waals surface area contributed by atoms with Gasteiger partial charge in [-0.3, -0.25) is 0 Å². The van der Waals surface area contributed by atoms with Crippen molar-refractivity contribution < 1.29 is 13.3 Å². The summed E-state index contributed by atoms with van der Waals surface area (Å²) in [6.07, 6.45) is 2.37. The Bertz CT molecular complexity index is 1040. The van der Waals surface area contributed by atoms with Crippen LogP contribution in [-0.2, 0) is 10.0 Å². The highest BCUT2D eigenvalue weighted by Gasteiger charge is 2.30. The number of hydrogen-bond donors (Lipinski definition) is 2. The molecule has 4 rings (SSSR count). The molecule has 3 aromatic rings. The molecule has 1 saturated heterocycles. The van der Waals surface area contributed by atoms with Gasteiger partial charge in [0.05, 0.1) is 24.0 Å². The maximum Gasteiger partial charge on any atom is 0.250 e. The Morgan fingerprint density at radius 2 is 1.78 bits per heavy atom. The van der Waals surface area contributed by atoms with Crippen molar-refractivity contribution in [2.45, 2.75) is 23.1 Å². The van der Waals surface area contributed by atoms with Gasteiger partial charge in [0.25, 0.3) is 0 Å². The van der Waals surface area contributed by atoms with E-state index >= 15 is 0 Å². The molecule has 142 valence electrons. The highest BCUT2D eigenvalue weighted by molar-refractivity contribution is 7.91. The van der Waals surface area contributed by atoms with Crippen LogP contribution in [0, 0.1) is 0 Å². The van der Waals surface area contributed by atoms with E-state index in [1.165, 1.54) is 34.1 Å². The third-order valence-corrected chi connectivity index (χ3v) is 8.37. The maximum atomic E-state index is 12.7. The second-order valence-corrected chi connectivity index (χ2v) is 10.6. The summed E-state index contributed by atoms with van der Waals surface area (Å²) in [5.74, 6) is 0. The third kappa shape index (κ3) is 4.05. The van der Waals surface area contributed by atoms with E-state index in [-0.39, 0.29) is 10.3 Å². The van der Waals surface area contributed by atoms with E-state index in [9.17, 15) is 8.42 Å². The summed E-state index contributed by atoms with van der Waals surface area (Å²) in [5, 5.41) is 2.38. The molecule has 27 heavy (non-hydrogen) atoms. The van der Waals surface area contributed by atoms with Gasteiger partial charge >= 0.3 is 0 Å². The number of fused-ring (bicyclic) bond motifs is 1. The zero-order chi connectivity index (χ0) is 18.9. The molecule has 0 saturated carbocycles. The number of thiophene rings is 1. The van der Waals surface area contributed by atoms with Crippen molar-refractivity contribution in [1.29, 1.82) is 0 Å². The van der Waals surface area contributed by atoms with Gasteiger partial charge in [0.1, 0.15) is 10.3 Å². The molecule has 1 atom stereocenters. The number of nitrogens with one attached hydrogen (secondary N) is 2. The van der Waals surface area contributed by atoms with E-state index < -0.39 is 10.0 Å². The summed E-state index contributed by atoms with van der Waals surface area (Å²) < 4.78 is 29.0. The quantitative estimate of drug-likeness (QED) is 0.641. The van der Waals surface area contributed by atoms with Crippen LogP contribution in [0.3, 0.4) is 0 Å². The molecule has 1 fully saturated rings. The van der Waals surface area contributed by atoms with Crippen LogP contribution in [0.2, 0.25) is 4.34 Å². The molecule has 0 amide bonds. The Morgan fingerprint density at radius 1 is 1.04 bits per heavy atom. The van der Waals surface area contributed by atoms with Gasteiger partial charge in [-0.1, -0.05) is 54.1 Å². The fourth-order valence-electron chi connectivity index (χ4n) is 3.91. The molecule has 0 bridgehead atoms. The van der Waals surface area contributed by atoms with E-state index in [4.69, 9.17) is 11.6 Å². The van der Waals surface area contributed by atoms with Crippen LogP contribution in [0.4, 0.5) is 0 Å². The standard InChI is InChI=1S/C20H21ClN2O2S2/c21-19-10-11-20(26-19)27(24,25)22-14-18(23-12-3-4-13-23)17-9-5-7-15-6-1-2-8-16(15)17/h1-2,5-11,18,22H,3-4,12-14H2/p+1/t18-/m1/s1. The predicted octanol–water partition coefficient (Wildman–Crippen LogP) is 3.25. The number of halogens is 1. The Kier molecular flexibility index (Phi) is 5.53. The molecule has 1 aliphatic heterocycles. The monoisotopic (exact) mass is 421 g/mol. The molecule has 1 aromatic heterocycles. The van der Waals surface area contributed by atoms with Crippen LogP contribution in [0.1, 0.15) is 24.4 Å². The van der Waals surface area contributed by atoms with E-state index in [2.05, 4.69) is 35.1 Å². The van der Waals surface area contributed by atoms with Crippen LogP contribution < -0.4 is 9.62 Å². The van der Waals surface area contributed by atoms with Crippen molar-refractivity contribution in [2.24, 2.45) is 0 Å². The van der Waals surface area contributed by atoms with Crippen LogP contribution in [0.15, 0.2) is 58.8 Å². The SMILES string of the molecule is O=S(=O)(NC[C@H](c1cccc2ccccc12)[NH+]1CCCC1)c1ccc(Cl)s1. The Balaban J connectivity index is 1.66. The zero-order valence-corrected chi connectivity index (χ0v) is 17.2. The molecule has 0 aliphatic carbocycles. The average molecular weight is 422 g/mol. The van der Waals surface area contributed by atoms with Crippen molar-refractivity contribution in [3.63, 3.8) is 0 Å². The van der Waals surface area contributed by atoms with E-state index in [1.807, 2.05) is 12.1 Å². The Morgan fingerprint density at radius 3 is 2.52 bits per heavy atom. The fourth-order valence-corrected chi connectivity index (χ4v) is 6.49. The second-order valence-electron chi connectivity index (χ2n) is 6.90. The number of rotatable bonds is 6. The van der Waals surface area contributed by atoms with Crippen molar-refractivity contribution in [3.8, 4) is 0 Å². The summed E-state index contributed by atoms with van der Waals surface area (Å²) in [7, 11) is -3.55. The molecule has 4 nitrogen and oxygen atoms in total. The predicted molar refractivity (Wildman–Crippen MR) is 111 cm³/mol. The smallest absolute Gasteiger partial charge is 0.250 e. The van der Waals surface area contributed by atoms with Gasteiger partial charge in [-0.2, -0.15) is 0 Å². The van der Waals surface area contributed by atoms with Crippen molar-refractivity contribution in [1.82, 2.24) is 4.72 Å². The third-order valence-electron chi connectivity index (χ3n) is 5.23. The van der Waals surface area contributed by atoms with E-state index in [1.54, 1.807) is 12.1 Å². The first kappa shape index (κ1) is 18.9. The van der Waals surface area contributed by atoms with E-state index in [0.717, 1.165) is 24.4 Å². The maximum absolute atomic E-state index is 12.7. The summed E-state index contributed by atoms with van der Waals surface area (Å²) in [6, 6.07) is 17.9. The van der Waals surface area contributed by atoms with Gasteiger partial charge in [-0.15, -0.1) is 11.3 Å². The molecular weight excluding hydrogens is 400 g/mol. The highest BCUT2D eigenvalue weighted by Crippen LogP contribution is 2.26. The number of quaternary nitrogens is 1. The van der Waals surface area contributed by atoms with Crippen molar-refractivity contribution >= 4 is 43.7 Å². The Labute approximate surface area is 168 Å². The number of sulfonamides is 1. The van der Waals surface area contributed by atoms with Crippen LogP contribution in [0.25, 0.3) is 10.8 Å². The molecule has 2 heterocycles. The Hall–Kier alpha value is -1.44. The topological polar surface area (TPSA) is 50.6 Å².